The van der Waals surface area contributed by atoms with Gasteiger partial charge in [-0.3, -0.25) is 9.59 Å². The maximum atomic E-state index is 11.7. The van der Waals surface area contributed by atoms with Crippen molar-refractivity contribution < 1.29 is 14.3 Å². The minimum absolute atomic E-state index is 0.117. The molecule has 0 aromatic heterocycles. The van der Waals surface area contributed by atoms with E-state index in [1.54, 1.807) is 0 Å². The number of esters is 1. The van der Waals surface area contributed by atoms with E-state index in [1.807, 2.05) is 0 Å². The Morgan fingerprint density at radius 1 is 1.11 bits per heavy atom. The van der Waals surface area contributed by atoms with Crippen molar-refractivity contribution in [1.82, 2.24) is 0 Å². The van der Waals surface area contributed by atoms with Crippen LogP contribution in [0, 0.1) is 0 Å². The molecule has 1 aliphatic heterocycles. The second-order valence-electron chi connectivity index (χ2n) is 5.21. The van der Waals surface area contributed by atoms with Crippen molar-refractivity contribution in [1.29, 1.82) is 0 Å². The zero-order chi connectivity index (χ0) is 13.2. The van der Waals surface area contributed by atoms with Crippen LogP contribution in [0.2, 0.25) is 0 Å². The van der Waals surface area contributed by atoms with Gasteiger partial charge >= 0.3 is 5.97 Å². The van der Waals surface area contributed by atoms with Gasteiger partial charge in [-0.2, -0.15) is 0 Å². The predicted molar refractivity (Wildman–Crippen MR) is 71.3 cm³/mol. The summed E-state index contributed by atoms with van der Waals surface area (Å²) in [5.74, 6) is -0.101. The smallest absolute Gasteiger partial charge is 0.306 e. The van der Waals surface area contributed by atoms with Crippen molar-refractivity contribution in [3.8, 4) is 0 Å². The third-order valence-electron chi connectivity index (χ3n) is 3.52. The third-order valence-corrected chi connectivity index (χ3v) is 3.52. The molecule has 0 radical (unpaired) electrons. The summed E-state index contributed by atoms with van der Waals surface area (Å²) in [5, 5.41) is 0. The Morgan fingerprint density at radius 2 is 1.72 bits per heavy atom. The largest absolute Gasteiger partial charge is 0.454 e. The lowest BCUT2D eigenvalue weighted by Crippen LogP contribution is -2.19. The predicted octanol–water partition coefficient (Wildman–Crippen LogP) is 3.79. The van der Waals surface area contributed by atoms with Gasteiger partial charge in [-0.05, 0) is 6.42 Å². The maximum absolute atomic E-state index is 11.7. The Balaban J connectivity index is 1.91. The van der Waals surface area contributed by atoms with Gasteiger partial charge in [-0.25, -0.2) is 0 Å². The van der Waals surface area contributed by atoms with Crippen LogP contribution in [0.5, 0.6) is 0 Å². The van der Waals surface area contributed by atoms with E-state index in [0.29, 0.717) is 19.3 Å². The fraction of sp³-hybridized carbons (Fsp3) is 0.867. The number of carbonyl (C=O) groups is 2. The van der Waals surface area contributed by atoms with Crippen LogP contribution < -0.4 is 0 Å². The second kappa shape index (κ2) is 9.12. The summed E-state index contributed by atoms with van der Waals surface area (Å²) >= 11 is 0. The molecule has 18 heavy (non-hydrogen) atoms. The van der Waals surface area contributed by atoms with Gasteiger partial charge in [0.25, 0.3) is 0 Å². The van der Waals surface area contributed by atoms with Crippen LogP contribution in [0.3, 0.4) is 0 Å². The molecule has 1 fully saturated rings. The summed E-state index contributed by atoms with van der Waals surface area (Å²) in [4.78, 5) is 22.6. The zero-order valence-corrected chi connectivity index (χ0v) is 11.6. The van der Waals surface area contributed by atoms with E-state index in [0.717, 1.165) is 12.8 Å². The molecular weight excluding hydrogens is 228 g/mol. The number of ether oxygens (including phenoxy) is 1. The van der Waals surface area contributed by atoms with Crippen molar-refractivity contribution in [3.05, 3.63) is 0 Å². The Kier molecular flexibility index (Phi) is 7.70. The first-order valence-corrected chi connectivity index (χ1v) is 7.46. The van der Waals surface area contributed by atoms with Crippen LogP contribution in [-0.2, 0) is 14.3 Å². The number of hydrogen-bond donors (Lipinski definition) is 0. The van der Waals surface area contributed by atoms with Crippen molar-refractivity contribution in [2.24, 2.45) is 0 Å². The fourth-order valence-corrected chi connectivity index (χ4v) is 2.35. The molecule has 3 heteroatoms. The molecule has 0 bridgehead atoms. The molecule has 1 saturated heterocycles. The molecule has 0 amide bonds. The standard InChI is InChI=1S/C15H26O3/c1-2-3-4-5-6-7-8-9-10-13(16)14-11-12-15(17)18-14/h14H,2-12H2,1H3/t14-/m0/s1. The van der Waals surface area contributed by atoms with Crippen molar-refractivity contribution in [2.45, 2.75) is 83.7 Å². The molecule has 1 rings (SSSR count). The summed E-state index contributed by atoms with van der Waals surface area (Å²) in [6.45, 7) is 2.22. The second-order valence-corrected chi connectivity index (χ2v) is 5.21. The van der Waals surface area contributed by atoms with Gasteiger partial charge in [-0.1, -0.05) is 51.9 Å². The summed E-state index contributed by atoms with van der Waals surface area (Å²) in [5.41, 5.74) is 0. The third kappa shape index (κ3) is 6.18. The minimum atomic E-state index is -0.429. The zero-order valence-electron chi connectivity index (χ0n) is 11.6. The fourth-order valence-electron chi connectivity index (χ4n) is 2.35. The van der Waals surface area contributed by atoms with E-state index >= 15 is 0 Å². The van der Waals surface area contributed by atoms with E-state index in [1.165, 1.54) is 38.5 Å². The molecular formula is C15H26O3. The highest BCUT2D eigenvalue weighted by atomic mass is 16.6. The highest BCUT2D eigenvalue weighted by Crippen LogP contribution is 2.17. The summed E-state index contributed by atoms with van der Waals surface area (Å²) < 4.78 is 4.96. The lowest BCUT2D eigenvalue weighted by molar-refractivity contribution is -0.147. The highest BCUT2D eigenvalue weighted by Gasteiger charge is 2.28. The molecule has 0 aromatic rings. The molecule has 1 aliphatic rings. The topological polar surface area (TPSA) is 43.4 Å². The molecule has 0 saturated carbocycles. The van der Waals surface area contributed by atoms with Gasteiger partial charge < -0.3 is 4.74 Å². The first kappa shape index (κ1) is 15.2. The SMILES string of the molecule is CCCCCCCCCCC(=O)[C@@H]1CCC(=O)O1. The van der Waals surface area contributed by atoms with Crippen LogP contribution >= 0.6 is 0 Å². The molecule has 0 N–H and O–H groups in total. The summed E-state index contributed by atoms with van der Waals surface area (Å²) in [6.07, 6.45) is 11.0. The van der Waals surface area contributed by atoms with Crippen LogP contribution in [0.4, 0.5) is 0 Å². The van der Waals surface area contributed by atoms with Crippen LogP contribution in [0.15, 0.2) is 0 Å². The molecule has 0 aromatic carbocycles. The van der Waals surface area contributed by atoms with Gasteiger partial charge in [0.15, 0.2) is 11.9 Å². The number of hydrogen-bond acceptors (Lipinski definition) is 3. The highest BCUT2D eigenvalue weighted by molar-refractivity contribution is 5.87. The van der Waals surface area contributed by atoms with E-state index in [-0.39, 0.29) is 11.8 Å². The molecule has 0 spiro atoms. The van der Waals surface area contributed by atoms with E-state index in [2.05, 4.69) is 6.92 Å². The first-order valence-electron chi connectivity index (χ1n) is 7.46. The maximum Gasteiger partial charge on any atom is 0.306 e. The number of Topliss-reactive ketones (excluding diaryl/α,β-unsaturated/α-hetero) is 1. The molecule has 0 aliphatic carbocycles. The molecule has 104 valence electrons. The molecule has 1 heterocycles. The summed E-state index contributed by atoms with van der Waals surface area (Å²) in [7, 11) is 0. The lowest BCUT2D eigenvalue weighted by atomic mass is 10.0. The number of carbonyl (C=O) groups excluding carboxylic acids is 2. The average molecular weight is 254 g/mol. The minimum Gasteiger partial charge on any atom is -0.454 e. The number of cyclic esters (lactones) is 1. The Bertz CT molecular complexity index is 260. The number of rotatable bonds is 10. The molecule has 3 nitrogen and oxygen atoms in total. The van der Waals surface area contributed by atoms with Crippen molar-refractivity contribution >= 4 is 11.8 Å². The van der Waals surface area contributed by atoms with Crippen LogP contribution in [-0.4, -0.2) is 17.9 Å². The van der Waals surface area contributed by atoms with Crippen molar-refractivity contribution in [3.63, 3.8) is 0 Å². The molecule has 1 atom stereocenters. The lowest BCUT2D eigenvalue weighted by Gasteiger charge is -2.07. The molecule has 0 unspecified atom stereocenters. The summed E-state index contributed by atoms with van der Waals surface area (Å²) in [6, 6.07) is 0. The van der Waals surface area contributed by atoms with Gasteiger partial charge in [0.1, 0.15) is 0 Å². The van der Waals surface area contributed by atoms with Crippen molar-refractivity contribution in [2.75, 3.05) is 0 Å². The van der Waals surface area contributed by atoms with Crippen LogP contribution in [0.1, 0.15) is 77.6 Å². The first-order chi connectivity index (χ1) is 8.74. The van der Waals surface area contributed by atoms with Gasteiger partial charge in [0.2, 0.25) is 0 Å². The quantitative estimate of drug-likeness (QED) is 0.440. The average Bonchev–Trinajstić information content (AvgIpc) is 2.79. The van der Waals surface area contributed by atoms with Gasteiger partial charge in [-0.15, -0.1) is 0 Å². The number of ketones is 1. The van der Waals surface area contributed by atoms with Gasteiger partial charge in [0, 0.05) is 19.3 Å². The number of unbranched alkanes of at least 4 members (excludes halogenated alkanes) is 7. The van der Waals surface area contributed by atoms with E-state index in [9.17, 15) is 9.59 Å². The van der Waals surface area contributed by atoms with E-state index < -0.39 is 6.10 Å². The Labute approximate surface area is 110 Å². The monoisotopic (exact) mass is 254 g/mol. The Hall–Kier alpha value is -0.860. The Morgan fingerprint density at radius 3 is 2.28 bits per heavy atom. The van der Waals surface area contributed by atoms with Crippen LogP contribution in [0.25, 0.3) is 0 Å². The van der Waals surface area contributed by atoms with Gasteiger partial charge in [0.05, 0.1) is 0 Å². The normalized spacial score (nSPS) is 18.9. The van der Waals surface area contributed by atoms with E-state index in [4.69, 9.17) is 4.74 Å².